The minimum absolute atomic E-state index is 0.395. The van der Waals surface area contributed by atoms with Gasteiger partial charge in [-0.1, -0.05) is 71.1 Å². The maximum Gasteiger partial charge on any atom is 0.308 e. The molecule has 5 nitrogen and oxygen atoms in total. The third-order valence-electron chi connectivity index (χ3n) is 4.88. The molecule has 0 heterocycles. The van der Waals surface area contributed by atoms with Gasteiger partial charge in [0, 0.05) is 25.5 Å². The van der Waals surface area contributed by atoms with Crippen LogP contribution in [0.3, 0.4) is 0 Å². The molecule has 1 rings (SSSR count). The Morgan fingerprint density at radius 1 is 0.759 bits per heavy atom. The van der Waals surface area contributed by atoms with Gasteiger partial charge in [0.1, 0.15) is 5.75 Å². The fourth-order valence-electron chi connectivity index (χ4n) is 3.43. The zero-order chi connectivity index (χ0) is 21.5. The summed E-state index contributed by atoms with van der Waals surface area (Å²) < 4.78 is 15.9. The van der Waals surface area contributed by atoms with Crippen LogP contribution in [-0.4, -0.2) is 19.0 Å². The molecule has 1 aromatic carbocycles. The highest BCUT2D eigenvalue weighted by molar-refractivity contribution is 5.73. The van der Waals surface area contributed by atoms with Gasteiger partial charge in [-0.05, 0) is 18.9 Å². The molecule has 0 N–H and O–H groups in total. The molecular formula is C24H38O5. The van der Waals surface area contributed by atoms with Crippen molar-refractivity contribution < 1.29 is 23.8 Å². The van der Waals surface area contributed by atoms with Crippen LogP contribution in [0, 0.1) is 0 Å². The highest BCUT2D eigenvalue weighted by Gasteiger charge is 2.16. The zero-order valence-corrected chi connectivity index (χ0v) is 18.7. The first-order valence-corrected chi connectivity index (χ1v) is 11.1. The molecule has 0 aliphatic rings. The van der Waals surface area contributed by atoms with E-state index in [1.807, 2.05) is 0 Å². The van der Waals surface area contributed by atoms with Gasteiger partial charge in [-0.2, -0.15) is 0 Å². The minimum Gasteiger partial charge on any atom is -0.493 e. The van der Waals surface area contributed by atoms with E-state index in [0.717, 1.165) is 24.8 Å². The summed E-state index contributed by atoms with van der Waals surface area (Å²) in [5.74, 6) is 0.431. The second-order valence-corrected chi connectivity index (χ2v) is 7.59. The molecule has 0 bridgehead atoms. The number of methoxy groups -OCH3 is 1. The Morgan fingerprint density at radius 2 is 1.28 bits per heavy atom. The van der Waals surface area contributed by atoms with Crippen molar-refractivity contribution in [3.05, 3.63) is 17.7 Å². The van der Waals surface area contributed by atoms with E-state index in [1.54, 1.807) is 12.1 Å². The van der Waals surface area contributed by atoms with Crippen LogP contribution >= 0.6 is 0 Å². The summed E-state index contributed by atoms with van der Waals surface area (Å²) >= 11 is 0. The molecule has 0 saturated carbocycles. The standard InChI is InChI=1S/C24H38O5/c1-5-6-7-8-9-10-11-12-13-14-15-16-21-17-22(28-19(2)25)18-23(27-4)24(21)29-20(3)26/h17-18H,5-16H2,1-4H3. The second-order valence-electron chi connectivity index (χ2n) is 7.59. The number of benzene rings is 1. The van der Waals surface area contributed by atoms with Gasteiger partial charge in [0.25, 0.3) is 0 Å². The van der Waals surface area contributed by atoms with Gasteiger partial charge >= 0.3 is 11.9 Å². The van der Waals surface area contributed by atoms with Crippen molar-refractivity contribution in [3.63, 3.8) is 0 Å². The molecule has 0 unspecified atom stereocenters. The van der Waals surface area contributed by atoms with Gasteiger partial charge in [0.05, 0.1) is 7.11 Å². The van der Waals surface area contributed by atoms with Crippen LogP contribution in [0.4, 0.5) is 0 Å². The number of esters is 2. The lowest BCUT2D eigenvalue weighted by atomic mass is 10.0. The summed E-state index contributed by atoms with van der Waals surface area (Å²) in [6.07, 6.45) is 14.7. The lowest BCUT2D eigenvalue weighted by molar-refractivity contribution is -0.133. The number of rotatable bonds is 15. The average molecular weight is 407 g/mol. The van der Waals surface area contributed by atoms with Crippen LogP contribution in [0.5, 0.6) is 17.2 Å². The van der Waals surface area contributed by atoms with E-state index >= 15 is 0 Å². The van der Waals surface area contributed by atoms with E-state index in [1.165, 1.54) is 78.7 Å². The predicted molar refractivity (Wildman–Crippen MR) is 116 cm³/mol. The quantitative estimate of drug-likeness (QED) is 0.192. The Bertz CT molecular complexity index is 624. The van der Waals surface area contributed by atoms with Crippen molar-refractivity contribution in [1.29, 1.82) is 0 Å². The lowest BCUT2D eigenvalue weighted by Crippen LogP contribution is -2.08. The number of unbranched alkanes of at least 4 members (excludes halogenated alkanes) is 10. The molecule has 0 atom stereocenters. The van der Waals surface area contributed by atoms with Crippen LogP contribution in [-0.2, 0) is 16.0 Å². The first kappa shape index (κ1) is 25.0. The molecule has 5 heteroatoms. The van der Waals surface area contributed by atoms with Gasteiger partial charge < -0.3 is 14.2 Å². The zero-order valence-electron chi connectivity index (χ0n) is 18.7. The first-order valence-electron chi connectivity index (χ1n) is 11.1. The second kappa shape index (κ2) is 14.9. The summed E-state index contributed by atoms with van der Waals surface area (Å²) in [7, 11) is 1.51. The van der Waals surface area contributed by atoms with Crippen molar-refractivity contribution >= 4 is 11.9 Å². The van der Waals surface area contributed by atoms with Crippen molar-refractivity contribution in [3.8, 4) is 17.2 Å². The van der Waals surface area contributed by atoms with Crippen molar-refractivity contribution in [2.45, 2.75) is 97.8 Å². The van der Waals surface area contributed by atoms with E-state index in [2.05, 4.69) is 6.92 Å². The molecular weight excluding hydrogens is 368 g/mol. The van der Waals surface area contributed by atoms with Crippen LogP contribution in [0.15, 0.2) is 12.1 Å². The van der Waals surface area contributed by atoms with Crippen molar-refractivity contribution in [2.75, 3.05) is 7.11 Å². The number of hydrogen-bond acceptors (Lipinski definition) is 5. The number of aryl methyl sites for hydroxylation is 1. The Balaban J connectivity index is 2.50. The monoisotopic (exact) mass is 406 g/mol. The van der Waals surface area contributed by atoms with Gasteiger partial charge in [-0.15, -0.1) is 0 Å². The van der Waals surface area contributed by atoms with Gasteiger partial charge in [-0.3, -0.25) is 9.59 Å². The maximum atomic E-state index is 11.5. The fraction of sp³-hybridized carbons (Fsp3) is 0.667. The highest BCUT2D eigenvalue weighted by Crippen LogP contribution is 2.37. The molecule has 1 aromatic rings. The van der Waals surface area contributed by atoms with Gasteiger partial charge in [0.15, 0.2) is 11.5 Å². The summed E-state index contributed by atoms with van der Waals surface area (Å²) in [5.41, 5.74) is 0.826. The van der Waals surface area contributed by atoms with Crippen molar-refractivity contribution in [2.24, 2.45) is 0 Å². The van der Waals surface area contributed by atoms with Crippen LogP contribution in [0.2, 0.25) is 0 Å². The molecule has 164 valence electrons. The summed E-state index contributed by atoms with van der Waals surface area (Å²) in [5, 5.41) is 0. The Hall–Kier alpha value is -2.04. The normalized spacial score (nSPS) is 10.6. The van der Waals surface area contributed by atoms with E-state index < -0.39 is 11.9 Å². The van der Waals surface area contributed by atoms with Crippen LogP contribution < -0.4 is 14.2 Å². The molecule has 0 aliphatic carbocycles. The van der Waals surface area contributed by atoms with Crippen LogP contribution in [0.1, 0.15) is 97.0 Å². The number of carbonyl (C=O) groups excluding carboxylic acids is 2. The number of ether oxygens (including phenoxy) is 3. The molecule has 0 fully saturated rings. The summed E-state index contributed by atoms with van der Waals surface area (Å²) in [4.78, 5) is 22.8. The van der Waals surface area contributed by atoms with Gasteiger partial charge in [-0.25, -0.2) is 0 Å². The smallest absolute Gasteiger partial charge is 0.308 e. The predicted octanol–water partition coefficient (Wildman–Crippen LogP) is 6.40. The number of carbonyl (C=O) groups is 2. The van der Waals surface area contributed by atoms with Crippen molar-refractivity contribution in [1.82, 2.24) is 0 Å². The van der Waals surface area contributed by atoms with Crippen LogP contribution in [0.25, 0.3) is 0 Å². The molecule has 0 spiro atoms. The fourth-order valence-corrected chi connectivity index (χ4v) is 3.43. The Labute approximate surface area is 176 Å². The van der Waals surface area contributed by atoms with E-state index in [0.29, 0.717) is 17.2 Å². The van der Waals surface area contributed by atoms with E-state index in [9.17, 15) is 9.59 Å². The largest absolute Gasteiger partial charge is 0.493 e. The summed E-state index contributed by atoms with van der Waals surface area (Å²) in [6, 6.07) is 3.34. The molecule has 0 radical (unpaired) electrons. The minimum atomic E-state index is -0.399. The topological polar surface area (TPSA) is 61.8 Å². The third kappa shape index (κ3) is 10.9. The average Bonchev–Trinajstić information content (AvgIpc) is 2.66. The SMILES string of the molecule is CCCCCCCCCCCCCc1cc(OC(C)=O)cc(OC)c1OC(C)=O. The first-order chi connectivity index (χ1) is 14.0. The maximum absolute atomic E-state index is 11.5. The number of hydrogen-bond donors (Lipinski definition) is 0. The highest BCUT2D eigenvalue weighted by atomic mass is 16.6. The molecule has 0 amide bonds. The molecule has 29 heavy (non-hydrogen) atoms. The molecule has 0 aromatic heterocycles. The third-order valence-corrected chi connectivity index (χ3v) is 4.88. The molecule has 0 aliphatic heterocycles. The molecule has 0 saturated heterocycles. The summed E-state index contributed by atoms with van der Waals surface area (Å²) in [6.45, 7) is 4.97. The Kier molecular flexibility index (Phi) is 12.8. The Morgan fingerprint density at radius 3 is 1.76 bits per heavy atom. The van der Waals surface area contributed by atoms with Gasteiger partial charge in [0.2, 0.25) is 0 Å². The van der Waals surface area contributed by atoms with E-state index in [4.69, 9.17) is 14.2 Å². The lowest BCUT2D eigenvalue weighted by Gasteiger charge is -2.15. The van der Waals surface area contributed by atoms with E-state index in [-0.39, 0.29) is 0 Å².